The fraction of sp³-hybridized carbons (Fsp3) is 0.143. The van der Waals surface area contributed by atoms with Crippen molar-refractivity contribution in [3.05, 3.63) is 71.0 Å². The summed E-state index contributed by atoms with van der Waals surface area (Å²) in [5.74, 6) is -1.85. The van der Waals surface area contributed by atoms with Crippen molar-refractivity contribution in [1.29, 1.82) is 0 Å². The van der Waals surface area contributed by atoms with Gasteiger partial charge in [-0.25, -0.2) is 13.2 Å². The molecular weight excluding hydrogens is 239 g/mol. The second kappa shape index (κ2) is 5.23. The van der Waals surface area contributed by atoms with E-state index in [1.54, 1.807) is 18.2 Å². The van der Waals surface area contributed by atoms with Gasteiger partial charge in [0.05, 0.1) is 0 Å². The molecule has 0 aromatic heterocycles. The molecule has 0 saturated carbocycles. The molecule has 2 rings (SSSR count). The Kier molecular flexibility index (Phi) is 3.67. The highest BCUT2D eigenvalue weighted by molar-refractivity contribution is 5.26. The first-order chi connectivity index (χ1) is 8.59. The Balaban J connectivity index is 2.28. The normalized spacial score (nSPS) is 12.4. The van der Waals surface area contributed by atoms with Crippen LogP contribution in [-0.2, 0) is 6.42 Å². The monoisotopic (exact) mass is 251 g/mol. The Morgan fingerprint density at radius 1 is 0.833 bits per heavy atom. The summed E-state index contributed by atoms with van der Waals surface area (Å²) in [6, 6.07) is 8.68. The maximum atomic E-state index is 13.5. The van der Waals surface area contributed by atoms with Gasteiger partial charge in [-0.15, -0.1) is 0 Å². The lowest BCUT2D eigenvalue weighted by Gasteiger charge is -2.14. The molecule has 0 spiro atoms. The quantitative estimate of drug-likeness (QED) is 0.889. The summed E-state index contributed by atoms with van der Waals surface area (Å²) in [6.45, 7) is 0. The molecule has 0 fully saturated rings. The van der Waals surface area contributed by atoms with Crippen LogP contribution in [0, 0.1) is 17.5 Å². The molecule has 2 aromatic carbocycles. The van der Waals surface area contributed by atoms with E-state index in [0.29, 0.717) is 5.56 Å². The molecule has 0 saturated heterocycles. The maximum Gasteiger partial charge on any atom is 0.130 e. The minimum Gasteiger partial charge on any atom is -0.323 e. The van der Waals surface area contributed by atoms with Crippen LogP contribution in [0.25, 0.3) is 0 Å². The molecule has 94 valence electrons. The van der Waals surface area contributed by atoms with Crippen molar-refractivity contribution < 1.29 is 13.2 Å². The molecule has 1 nitrogen and oxygen atoms in total. The van der Waals surface area contributed by atoms with Crippen molar-refractivity contribution in [3.63, 3.8) is 0 Å². The number of halogens is 3. The molecule has 0 amide bonds. The Labute approximate surface area is 103 Å². The number of hydrogen-bond donors (Lipinski definition) is 1. The lowest BCUT2D eigenvalue weighted by molar-refractivity contribution is 0.518. The molecule has 1 unspecified atom stereocenters. The highest BCUT2D eigenvalue weighted by Gasteiger charge is 2.17. The van der Waals surface area contributed by atoms with Crippen molar-refractivity contribution >= 4 is 0 Å². The van der Waals surface area contributed by atoms with Gasteiger partial charge in [-0.3, -0.25) is 0 Å². The van der Waals surface area contributed by atoms with E-state index < -0.39 is 23.5 Å². The summed E-state index contributed by atoms with van der Waals surface area (Å²) < 4.78 is 40.4. The third-order valence-electron chi connectivity index (χ3n) is 2.77. The van der Waals surface area contributed by atoms with Gasteiger partial charge in [-0.2, -0.15) is 0 Å². The number of benzene rings is 2. The Hall–Kier alpha value is -1.81. The van der Waals surface area contributed by atoms with Crippen molar-refractivity contribution in [2.75, 3.05) is 0 Å². The van der Waals surface area contributed by atoms with Gasteiger partial charge in [0.25, 0.3) is 0 Å². The van der Waals surface area contributed by atoms with Crippen molar-refractivity contribution in [1.82, 2.24) is 0 Å². The van der Waals surface area contributed by atoms with E-state index in [2.05, 4.69) is 0 Å². The topological polar surface area (TPSA) is 26.0 Å². The number of nitrogens with two attached hydrogens (primary N) is 1. The third kappa shape index (κ3) is 2.54. The van der Waals surface area contributed by atoms with Crippen molar-refractivity contribution in [2.45, 2.75) is 12.5 Å². The van der Waals surface area contributed by atoms with Crippen LogP contribution < -0.4 is 5.73 Å². The summed E-state index contributed by atoms with van der Waals surface area (Å²) in [5.41, 5.74) is 5.88. The van der Waals surface area contributed by atoms with E-state index in [1.165, 1.54) is 12.1 Å². The second-order valence-corrected chi connectivity index (χ2v) is 4.04. The van der Waals surface area contributed by atoms with Crippen LogP contribution in [0.3, 0.4) is 0 Å². The van der Waals surface area contributed by atoms with Gasteiger partial charge in [0.2, 0.25) is 0 Å². The molecule has 0 radical (unpaired) electrons. The standard InChI is InChI=1S/C14H12F3N/c15-10-5-2-1-4-9(10)8-13(18)14-11(16)6-3-7-12(14)17/h1-7,13H,8,18H2. The zero-order chi connectivity index (χ0) is 13.1. The van der Waals surface area contributed by atoms with Gasteiger partial charge < -0.3 is 5.73 Å². The van der Waals surface area contributed by atoms with Crippen LogP contribution in [0.4, 0.5) is 13.2 Å². The van der Waals surface area contributed by atoms with E-state index in [1.807, 2.05) is 0 Å². The van der Waals surface area contributed by atoms with Crippen LogP contribution in [0.5, 0.6) is 0 Å². The van der Waals surface area contributed by atoms with Crippen molar-refractivity contribution in [3.8, 4) is 0 Å². The van der Waals surface area contributed by atoms with E-state index in [4.69, 9.17) is 5.73 Å². The molecule has 0 aliphatic heterocycles. The molecular formula is C14H12F3N. The molecule has 0 aliphatic carbocycles. The van der Waals surface area contributed by atoms with Gasteiger partial charge >= 0.3 is 0 Å². The average molecular weight is 251 g/mol. The summed E-state index contributed by atoms with van der Waals surface area (Å²) in [5, 5.41) is 0. The van der Waals surface area contributed by atoms with E-state index in [-0.39, 0.29) is 12.0 Å². The summed E-state index contributed by atoms with van der Waals surface area (Å²) in [4.78, 5) is 0. The Morgan fingerprint density at radius 3 is 2.00 bits per heavy atom. The predicted octanol–water partition coefficient (Wildman–Crippen LogP) is 3.35. The SMILES string of the molecule is NC(Cc1ccccc1F)c1c(F)cccc1F. The Morgan fingerprint density at radius 2 is 1.39 bits per heavy atom. The first kappa shape index (κ1) is 12.6. The highest BCUT2D eigenvalue weighted by atomic mass is 19.1. The summed E-state index contributed by atoms with van der Waals surface area (Å²) in [7, 11) is 0. The second-order valence-electron chi connectivity index (χ2n) is 4.04. The lowest BCUT2D eigenvalue weighted by Crippen LogP contribution is -2.17. The zero-order valence-electron chi connectivity index (χ0n) is 9.54. The van der Waals surface area contributed by atoms with E-state index in [9.17, 15) is 13.2 Å². The predicted molar refractivity (Wildman–Crippen MR) is 63.4 cm³/mol. The van der Waals surface area contributed by atoms with Crippen molar-refractivity contribution in [2.24, 2.45) is 5.73 Å². The van der Waals surface area contributed by atoms with Gasteiger partial charge in [0.1, 0.15) is 17.5 Å². The third-order valence-corrected chi connectivity index (χ3v) is 2.77. The van der Waals surface area contributed by atoms with E-state index >= 15 is 0 Å². The van der Waals surface area contributed by atoms with Crippen LogP contribution in [0.2, 0.25) is 0 Å². The molecule has 4 heteroatoms. The average Bonchev–Trinajstić information content (AvgIpc) is 2.32. The summed E-state index contributed by atoms with van der Waals surface area (Å²) >= 11 is 0. The van der Waals surface area contributed by atoms with Crippen LogP contribution in [0.15, 0.2) is 42.5 Å². The largest absolute Gasteiger partial charge is 0.323 e. The molecule has 0 aliphatic rings. The molecule has 2 aromatic rings. The lowest BCUT2D eigenvalue weighted by atomic mass is 9.98. The zero-order valence-corrected chi connectivity index (χ0v) is 9.54. The number of rotatable bonds is 3. The fourth-order valence-corrected chi connectivity index (χ4v) is 1.87. The molecule has 1 atom stereocenters. The molecule has 0 bridgehead atoms. The smallest absolute Gasteiger partial charge is 0.130 e. The first-order valence-electron chi connectivity index (χ1n) is 5.52. The van der Waals surface area contributed by atoms with Crippen LogP contribution in [0.1, 0.15) is 17.2 Å². The minimum absolute atomic E-state index is 0.0462. The first-order valence-corrected chi connectivity index (χ1v) is 5.52. The van der Waals surface area contributed by atoms with Gasteiger partial charge in [0.15, 0.2) is 0 Å². The van der Waals surface area contributed by atoms with Crippen LogP contribution in [-0.4, -0.2) is 0 Å². The number of hydrogen-bond acceptors (Lipinski definition) is 1. The maximum absolute atomic E-state index is 13.5. The van der Waals surface area contributed by atoms with Crippen LogP contribution >= 0.6 is 0 Å². The molecule has 0 heterocycles. The minimum atomic E-state index is -0.914. The fourth-order valence-electron chi connectivity index (χ4n) is 1.87. The Bertz CT molecular complexity index is 534. The molecule has 18 heavy (non-hydrogen) atoms. The van der Waals surface area contributed by atoms with Gasteiger partial charge in [-0.05, 0) is 30.2 Å². The summed E-state index contributed by atoms with van der Waals surface area (Å²) in [6.07, 6.45) is 0.0462. The van der Waals surface area contributed by atoms with Gasteiger partial charge in [-0.1, -0.05) is 24.3 Å². The van der Waals surface area contributed by atoms with E-state index in [0.717, 1.165) is 12.1 Å². The van der Waals surface area contributed by atoms with Gasteiger partial charge in [0, 0.05) is 11.6 Å². The highest BCUT2D eigenvalue weighted by Crippen LogP contribution is 2.23. The molecule has 2 N–H and O–H groups in total.